The second kappa shape index (κ2) is 7.22. The summed E-state index contributed by atoms with van der Waals surface area (Å²) in [5, 5.41) is 8.91. The van der Waals surface area contributed by atoms with E-state index >= 15 is 0 Å². The highest BCUT2D eigenvalue weighted by Crippen LogP contribution is 2.16. The lowest BCUT2D eigenvalue weighted by atomic mass is 9.92. The van der Waals surface area contributed by atoms with Crippen LogP contribution in [0.3, 0.4) is 0 Å². The fourth-order valence-corrected chi connectivity index (χ4v) is 2.67. The molecule has 1 aliphatic rings. The van der Waals surface area contributed by atoms with E-state index in [0.717, 1.165) is 24.9 Å². The smallest absolute Gasteiger partial charge is 0.251 e. The molecule has 0 unspecified atom stereocenters. The number of piperidine rings is 1. The van der Waals surface area contributed by atoms with Crippen molar-refractivity contribution in [1.29, 1.82) is 0 Å². The first kappa shape index (κ1) is 15.5. The van der Waals surface area contributed by atoms with Crippen molar-refractivity contribution in [3.63, 3.8) is 0 Å². The van der Waals surface area contributed by atoms with Crippen LogP contribution in [0.2, 0.25) is 0 Å². The van der Waals surface area contributed by atoms with Crippen LogP contribution in [0.25, 0.3) is 0 Å². The summed E-state index contributed by atoms with van der Waals surface area (Å²) in [7, 11) is 1.61. The van der Waals surface area contributed by atoms with Crippen molar-refractivity contribution in [2.75, 3.05) is 13.6 Å². The topological polar surface area (TPSA) is 70.2 Å². The molecular weight excluding hydrogens is 266 g/mol. The normalized spacial score (nSPS) is 21.6. The molecule has 0 spiro atoms. The summed E-state index contributed by atoms with van der Waals surface area (Å²) in [4.78, 5) is 23.8. The van der Waals surface area contributed by atoms with Crippen molar-refractivity contribution in [1.82, 2.24) is 16.0 Å². The number of carbonyl (C=O) groups is 2. The van der Waals surface area contributed by atoms with Crippen LogP contribution in [-0.2, 0) is 11.3 Å². The molecule has 114 valence electrons. The van der Waals surface area contributed by atoms with Gasteiger partial charge in [-0.2, -0.15) is 0 Å². The molecular formula is C16H23N3O2. The van der Waals surface area contributed by atoms with Gasteiger partial charge >= 0.3 is 0 Å². The zero-order valence-corrected chi connectivity index (χ0v) is 12.6. The van der Waals surface area contributed by atoms with Gasteiger partial charge in [-0.05, 0) is 44.0 Å². The van der Waals surface area contributed by atoms with E-state index < -0.39 is 0 Å². The molecule has 2 atom stereocenters. The summed E-state index contributed by atoms with van der Waals surface area (Å²) in [5.41, 5.74) is 1.55. The van der Waals surface area contributed by atoms with Crippen molar-refractivity contribution in [2.24, 2.45) is 5.92 Å². The molecule has 2 amide bonds. The highest BCUT2D eigenvalue weighted by Gasteiger charge is 2.24. The Bertz CT molecular complexity index is 516. The van der Waals surface area contributed by atoms with E-state index in [1.165, 1.54) is 0 Å². The molecule has 1 aromatic rings. The molecule has 1 heterocycles. The van der Waals surface area contributed by atoms with Gasteiger partial charge in [0.1, 0.15) is 0 Å². The summed E-state index contributed by atoms with van der Waals surface area (Å²) >= 11 is 0. The Morgan fingerprint density at radius 1 is 1.38 bits per heavy atom. The molecule has 1 fully saturated rings. The maximum absolute atomic E-state index is 12.2. The molecule has 1 aliphatic heterocycles. The fourth-order valence-electron chi connectivity index (χ4n) is 2.67. The third-order valence-electron chi connectivity index (χ3n) is 3.88. The van der Waals surface area contributed by atoms with Crippen LogP contribution >= 0.6 is 0 Å². The number of nitrogens with one attached hydrogen (secondary N) is 3. The van der Waals surface area contributed by atoms with E-state index in [1.54, 1.807) is 13.1 Å². The monoisotopic (exact) mass is 289 g/mol. The number of amides is 2. The largest absolute Gasteiger partial charge is 0.355 e. The lowest BCUT2D eigenvalue weighted by Crippen LogP contribution is -2.42. The van der Waals surface area contributed by atoms with Crippen LogP contribution in [0.15, 0.2) is 24.3 Å². The van der Waals surface area contributed by atoms with E-state index in [0.29, 0.717) is 18.2 Å². The van der Waals surface area contributed by atoms with E-state index in [1.807, 2.05) is 18.2 Å². The van der Waals surface area contributed by atoms with Gasteiger partial charge in [0.15, 0.2) is 0 Å². The molecule has 5 nitrogen and oxygen atoms in total. The molecule has 2 rings (SSSR count). The minimum Gasteiger partial charge on any atom is -0.355 e. The van der Waals surface area contributed by atoms with Gasteiger partial charge in [0, 0.05) is 31.1 Å². The van der Waals surface area contributed by atoms with Crippen LogP contribution in [0.5, 0.6) is 0 Å². The zero-order valence-electron chi connectivity index (χ0n) is 12.6. The van der Waals surface area contributed by atoms with Gasteiger partial charge in [-0.25, -0.2) is 0 Å². The average molecular weight is 289 g/mol. The molecule has 3 N–H and O–H groups in total. The zero-order chi connectivity index (χ0) is 15.2. The number of hydrogen-bond donors (Lipinski definition) is 3. The summed E-state index contributed by atoms with van der Waals surface area (Å²) in [5.74, 6) is 0.0763. The molecule has 0 bridgehead atoms. The second-order valence-corrected chi connectivity index (χ2v) is 5.57. The average Bonchev–Trinajstić information content (AvgIpc) is 2.52. The highest BCUT2D eigenvalue weighted by atomic mass is 16.2. The van der Waals surface area contributed by atoms with Gasteiger partial charge in [0.25, 0.3) is 5.91 Å². The number of benzene rings is 1. The Morgan fingerprint density at radius 2 is 2.19 bits per heavy atom. The van der Waals surface area contributed by atoms with Crippen molar-refractivity contribution in [3.05, 3.63) is 35.4 Å². The molecule has 1 saturated heterocycles. The summed E-state index contributed by atoms with van der Waals surface area (Å²) in [6.45, 7) is 3.46. The van der Waals surface area contributed by atoms with Gasteiger partial charge in [-0.15, -0.1) is 0 Å². The van der Waals surface area contributed by atoms with Crippen LogP contribution in [-0.4, -0.2) is 31.4 Å². The maximum Gasteiger partial charge on any atom is 0.251 e. The lowest BCUT2D eigenvalue weighted by Gasteiger charge is -2.27. The van der Waals surface area contributed by atoms with Crippen molar-refractivity contribution in [3.8, 4) is 0 Å². The van der Waals surface area contributed by atoms with Crippen LogP contribution in [0.4, 0.5) is 0 Å². The van der Waals surface area contributed by atoms with Crippen molar-refractivity contribution >= 4 is 11.8 Å². The predicted octanol–water partition coefficient (Wildman–Crippen LogP) is 1.05. The maximum atomic E-state index is 12.2. The van der Waals surface area contributed by atoms with E-state index in [-0.39, 0.29) is 17.7 Å². The number of hydrogen-bond acceptors (Lipinski definition) is 3. The Kier molecular flexibility index (Phi) is 5.33. The minimum atomic E-state index is -0.115. The first-order chi connectivity index (χ1) is 10.1. The minimum absolute atomic E-state index is 0.0865. The van der Waals surface area contributed by atoms with Gasteiger partial charge in [-0.3, -0.25) is 9.59 Å². The van der Waals surface area contributed by atoms with Crippen LogP contribution in [0.1, 0.15) is 35.7 Å². The first-order valence-electron chi connectivity index (χ1n) is 7.42. The molecule has 0 saturated carbocycles. The molecule has 21 heavy (non-hydrogen) atoms. The number of rotatable bonds is 4. The molecule has 5 heteroatoms. The van der Waals surface area contributed by atoms with Crippen LogP contribution in [0, 0.1) is 5.92 Å². The van der Waals surface area contributed by atoms with Gasteiger partial charge in [0.2, 0.25) is 5.91 Å². The van der Waals surface area contributed by atoms with Gasteiger partial charge < -0.3 is 16.0 Å². The Hall–Kier alpha value is -1.88. The summed E-state index contributed by atoms with van der Waals surface area (Å²) in [6.07, 6.45) is 1.76. The second-order valence-electron chi connectivity index (χ2n) is 5.57. The summed E-state index contributed by atoms with van der Waals surface area (Å²) in [6, 6.07) is 7.71. The third kappa shape index (κ3) is 4.29. The fraction of sp³-hybridized carbons (Fsp3) is 0.500. The molecule has 1 aromatic carbocycles. The quantitative estimate of drug-likeness (QED) is 0.776. The van der Waals surface area contributed by atoms with Crippen molar-refractivity contribution < 1.29 is 9.59 Å². The number of carbonyl (C=O) groups excluding carboxylic acids is 2. The lowest BCUT2D eigenvalue weighted by molar-refractivity contribution is -0.126. The van der Waals surface area contributed by atoms with Gasteiger partial charge in [-0.1, -0.05) is 12.1 Å². The predicted molar refractivity (Wildman–Crippen MR) is 81.9 cm³/mol. The van der Waals surface area contributed by atoms with Gasteiger partial charge in [0.05, 0.1) is 0 Å². The van der Waals surface area contributed by atoms with E-state index in [2.05, 4.69) is 22.9 Å². The highest BCUT2D eigenvalue weighted by molar-refractivity contribution is 5.94. The molecule has 0 radical (unpaired) electrons. The first-order valence-corrected chi connectivity index (χ1v) is 7.42. The van der Waals surface area contributed by atoms with Crippen LogP contribution < -0.4 is 16.0 Å². The summed E-state index contributed by atoms with van der Waals surface area (Å²) < 4.78 is 0. The SMILES string of the molecule is CNC(=O)c1cccc(CNC(=O)[C@H]2CCN[C@@H](C)C2)c1. The van der Waals surface area contributed by atoms with Crippen molar-refractivity contribution in [2.45, 2.75) is 32.4 Å². The molecule has 0 aliphatic carbocycles. The third-order valence-corrected chi connectivity index (χ3v) is 3.88. The Labute approximate surface area is 125 Å². The standard InChI is InChI=1S/C16H23N3O2/c1-11-8-14(6-7-18-11)16(21)19-10-12-4-3-5-13(9-12)15(20)17-2/h3-5,9,11,14,18H,6-8,10H2,1-2H3,(H,17,20)(H,19,21)/t11-,14-/m0/s1. The van der Waals surface area contributed by atoms with E-state index in [9.17, 15) is 9.59 Å². The molecule has 0 aromatic heterocycles. The van der Waals surface area contributed by atoms with E-state index in [4.69, 9.17) is 0 Å². The Balaban J connectivity index is 1.90. The Morgan fingerprint density at radius 3 is 2.90 bits per heavy atom.